The molecule has 0 aliphatic rings. The van der Waals surface area contributed by atoms with E-state index in [-0.39, 0.29) is 18.6 Å². The van der Waals surface area contributed by atoms with Gasteiger partial charge < -0.3 is 14.8 Å². The van der Waals surface area contributed by atoms with E-state index in [1.165, 1.54) is 0 Å². The lowest BCUT2D eigenvalue weighted by molar-refractivity contribution is -0.123. The van der Waals surface area contributed by atoms with Crippen molar-refractivity contribution in [2.75, 3.05) is 13.7 Å². The zero-order valence-corrected chi connectivity index (χ0v) is 15.2. The molecule has 0 bridgehead atoms. The Morgan fingerprint density at radius 2 is 1.92 bits per heavy atom. The largest absolute Gasteiger partial charge is 0.497 e. The van der Waals surface area contributed by atoms with Crippen LogP contribution in [0.5, 0.6) is 11.6 Å². The molecule has 3 rings (SSSR count). The highest BCUT2D eigenvalue weighted by Gasteiger charge is 2.11. The number of aromatic nitrogens is 1. The highest BCUT2D eigenvalue weighted by atomic mass is 16.5. The Bertz CT molecular complexity index is 910. The van der Waals surface area contributed by atoms with Gasteiger partial charge in [-0.2, -0.15) is 0 Å². The molecule has 3 aromatic rings. The van der Waals surface area contributed by atoms with Crippen molar-refractivity contribution in [3.05, 3.63) is 65.7 Å². The number of fused-ring (bicyclic) bond motifs is 1. The molecule has 1 atom stereocenters. The quantitative estimate of drug-likeness (QED) is 0.734. The molecule has 134 valence electrons. The summed E-state index contributed by atoms with van der Waals surface area (Å²) in [5.74, 6) is 0.966. The number of carbonyl (C=O) groups is 1. The fourth-order valence-electron chi connectivity index (χ4n) is 2.80. The van der Waals surface area contributed by atoms with Crippen LogP contribution in [-0.2, 0) is 4.79 Å². The topological polar surface area (TPSA) is 60.5 Å². The first-order valence-electron chi connectivity index (χ1n) is 8.49. The predicted molar refractivity (Wildman–Crippen MR) is 102 cm³/mol. The van der Waals surface area contributed by atoms with Crippen molar-refractivity contribution in [1.82, 2.24) is 10.3 Å². The van der Waals surface area contributed by atoms with Crippen LogP contribution in [0, 0.1) is 6.92 Å². The molecule has 1 aromatic heterocycles. The third kappa shape index (κ3) is 4.11. The van der Waals surface area contributed by atoms with E-state index in [0.29, 0.717) is 5.88 Å². The molecule has 2 aromatic carbocycles. The minimum atomic E-state index is -0.188. The van der Waals surface area contributed by atoms with Gasteiger partial charge in [0.2, 0.25) is 5.88 Å². The van der Waals surface area contributed by atoms with Gasteiger partial charge in [0.25, 0.3) is 5.91 Å². The van der Waals surface area contributed by atoms with Gasteiger partial charge in [0.15, 0.2) is 6.61 Å². The van der Waals surface area contributed by atoms with Crippen LogP contribution in [-0.4, -0.2) is 24.6 Å². The molecule has 0 aliphatic heterocycles. The molecule has 1 unspecified atom stereocenters. The van der Waals surface area contributed by atoms with Gasteiger partial charge in [0.1, 0.15) is 5.75 Å². The first-order chi connectivity index (χ1) is 12.6. The molecule has 0 saturated heterocycles. The second-order valence-corrected chi connectivity index (χ2v) is 6.15. The summed E-state index contributed by atoms with van der Waals surface area (Å²) in [6.45, 7) is 3.85. The molecule has 5 heteroatoms. The van der Waals surface area contributed by atoms with Gasteiger partial charge in [0.05, 0.1) is 18.7 Å². The molecule has 0 fully saturated rings. The molecular weight excluding hydrogens is 328 g/mol. The van der Waals surface area contributed by atoms with Gasteiger partial charge >= 0.3 is 0 Å². The van der Waals surface area contributed by atoms with Crippen LogP contribution in [0.1, 0.15) is 24.1 Å². The second-order valence-electron chi connectivity index (χ2n) is 6.15. The third-order valence-corrected chi connectivity index (χ3v) is 4.23. The van der Waals surface area contributed by atoms with Crippen molar-refractivity contribution < 1.29 is 14.3 Å². The Balaban J connectivity index is 1.66. The van der Waals surface area contributed by atoms with E-state index in [1.807, 2.05) is 68.4 Å². The van der Waals surface area contributed by atoms with Crippen molar-refractivity contribution in [1.29, 1.82) is 0 Å². The number of amides is 1. The van der Waals surface area contributed by atoms with E-state index in [1.54, 1.807) is 7.11 Å². The van der Waals surface area contributed by atoms with Crippen LogP contribution in [0.2, 0.25) is 0 Å². The third-order valence-electron chi connectivity index (χ3n) is 4.23. The van der Waals surface area contributed by atoms with Crippen molar-refractivity contribution in [2.45, 2.75) is 19.9 Å². The molecule has 0 radical (unpaired) electrons. The smallest absolute Gasteiger partial charge is 0.258 e. The van der Waals surface area contributed by atoms with Crippen molar-refractivity contribution in [2.24, 2.45) is 0 Å². The molecule has 1 N–H and O–H groups in total. The lowest BCUT2D eigenvalue weighted by atomic mass is 10.1. The van der Waals surface area contributed by atoms with E-state index >= 15 is 0 Å². The standard InChI is InChI=1S/C21H22N2O3/c1-14-11-21(23-19-12-17(25-3)9-10-18(14)19)26-13-20(24)22-15(2)16-7-5-4-6-8-16/h4-12,15H,13H2,1-3H3,(H,22,24). The zero-order chi connectivity index (χ0) is 18.5. The molecule has 1 amide bonds. The molecule has 0 saturated carbocycles. The molecule has 0 spiro atoms. The fraction of sp³-hybridized carbons (Fsp3) is 0.238. The number of carbonyl (C=O) groups excluding carboxylic acids is 1. The van der Waals surface area contributed by atoms with Gasteiger partial charge in [0, 0.05) is 17.5 Å². The fourth-order valence-corrected chi connectivity index (χ4v) is 2.80. The highest BCUT2D eigenvalue weighted by molar-refractivity contribution is 5.84. The Morgan fingerprint density at radius 3 is 2.65 bits per heavy atom. The Morgan fingerprint density at radius 1 is 1.15 bits per heavy atom. The maximum Gasteiger partial charge on any atom is 0.258 e. The van der Waals surface area contributed by atoms with E-state index in [2.05, 4.69) is 10.3 Å². The Kier molecular flexibility index (Phi) is 5.37. The van der Waals surface area contributed by atoms with Crippen LogP contribution >= 0.6 is 0 Å². The first kappa shape index (κ1) is 17.7. The minimum absolute atomic E-state index is 0.0807. The summed E-state index contributed by atoms with van der Waals surface area (Å²) in [7, 11) is 1.62. The molecule has 26 heavy (non-hydrogen) atoms. The number of rotatable bonds is 6. The number of hydrogen-bond donors (Lipinski definition) is 1. The first-order valence-corrected chi connectivity index (χ1v) is 8.49. The Hall–Kier alpha value is -3.08. The summed E-state index contributed by atoms with van der Waals surface area (Å²) in [5.41, 5.74) is 2.86. The predicted octanol–water partition coefficient (Wildman–Crippen LogP) is 3.81. The van der Waals surface area contributed by atoms with Gasteiger partial charge in [-0.3, -0.25) is 4.79 Å². The van der Waals surface area contributed by atoms with Gasteiger partial charge in [-0.15, -0.1) is 0 Å². The van der Waals surface area contributed by atoms with E-state index < -0.39 is 0 Å². The van der Waals surface area contributed by atoms with Crippen molar-refractivity contribution >= 4 is 16.8 Å². The maximum absolute atomic E-state index is 12.2. The highest BCUT2D eigenvalue weighted by Crippen LogP contribution is 2.25. The number of nitrogens with zero attached hydrogens (tertiary/aromatic N) is 1. The number of ether oxygens (including phenoxy) is 2. The van der Waals surface area contributed by atoms with Crippen LogP contribution in [0.3, 0.4) is 0 Å². The lowest BCUT2D eigenvalue weighted by Gasteiger charge is -2.15. The number of aryl methyl sites for hydroxylation is 1. The van der Waals surface area contributed by atoms with E-state index in [9.17, 15) is 4.79 Å². The van der Waals surface area contributed by atoms with Crippen molar-refractivity contribution in [3.63, 3.8) is 0 Å². The number of methoxy groups -OCH3 is 1. The van der Waals surface area contributed by atoms with Crippen LogP contribution in [0.15, 0.2) is 54.6 Å². The van der Waals surface area contributed by atoms with E-state index in [4.69, 9.17) is 9.47 Å². The van der Waals surface area contributed by atoms with E-state index in [0.717, 1.165) is 27.8 Å². The number of nitrogens with one attached hydrogen (secondary N) is 1. The average molecular weight is 350 g/mol. The molecular formula is C21H22N2O3. The van der Waals surface area contributed by atoms with Gasteiger partial charge in [-0.05, 0) is 37.1 Å². The maximum atomic E-state index is 12.2. The van der Waals surface area contributed by atoms with Crippen LogP contribution in [0.4, 0.5) is 0 Å². The molecule has 1 heterocycles. The number of benzene rings is 2. The summed E-state index contributed by atoms with van der Waals surface area (Å²) in [6, 6.07) is 17.3. The normalized spacial score (nSPS) is 11.8. The monoisotopic (exact) mass is 350 g/mol. The summed E-state index contributed by atoms with van der Waals surface area (Å²) >= 11 is 0. The summed E-state index contributed by atoms with van der Waals surface area (Å²) < 4.78 is 10.8. The van der Waals surface area contributed by atoms with Crippen molar-refractivity contribution in [3.8, 4) is 11.6 Å². The molecule has 5 nitrogen and oxygen atoms in total. The lowest BCUT2D eigenvalue weighted by Crippen LogP contribution is -2.31. The average Bonchev–Trinajstić information content (AvgIpc) is 2.66. The SMILES string of the molecule is COc1ccc2c(C)cc(OCC(=O)NC(C)c3ccccc3)nc2c1. The number of hydrogen-bond acceptors (Lipinski definition) is 4. The summed E-state index contributed by atoms with van der Waals surface area (Å²) in [6.07, 6.45) is 0. The van der Waals surface area contributed by atoms with Gasteiger partial charge in [-0.1, -0.05) is 30.3 Å². The summed E-state index contributed by atoms with van der Waals surface area (Å²) in [5, 5.41) is 3.95. The van der Waals surface area contributed by atoms with Crippen LogP contribution < -0.4 is 14.8 Å². The van der Waals surface area contributed by atoms with Crippen LogP contribution in [0.25, 0.3) is 10.9 Å². The van der Waals surface area contributed by atoms with Gasteiger partial charge in [-0.25, -0.2) is 4.98 Å². The number of pyridine rings is 1. The zero-order valence-electron chi connectivity index (χ0n) is 15.2. The molecule has 0 aliphatic carbocycles. The Labute approximate surface area is 153 Å². The second kappa shape index (κ2) is 7.87. The minimum Gasteiger partial charge on any atom is -0.497 e. The summed E-state index contributed by atoms with van der Waals surface area (Å²) in [4.78, 5) is 16.6.